The molecule has 0 saturated carbocycles. The molecule has 1 unspecified atom stereocenters. The second kappa shape index (κ2) is 6.43. The molecule has 2 nitrogen and oxygen atoms in total. The summed E-state index contributed by atoms with van der Waals surface area (Å²) in [5.41, 5.74) is 10.2. The van der Waals surface area contributed by atoms with Gasteiger partial charge in [0.05, 0.1) is 17.3 Å². The normalized spacial score (nSPS) is 15.5. The van der Waals surface area contributed by atoms with E-state index in [2.05, 4.69) is 86.6 Å². The Bertz CT molecular complexity index is 1450. The van der Waals surface area contributed by atoms with Crippen molar-refractivity contribution in [1.29, 1.82) is 0 Å². The standard InChI is InChI=1S/C28H21NO/c1-17-9-7-10-18(2)25(17)26-21-12-3-5-15-23(21)29-27(26)22-14-8-13-20-19-11-4-6-16-24(19)30-28(20)22/h3-16,26H,1-2H3. The lowest BCUT2D eigenvalue weighted by Gasteiger charge is -2.20. The van der Waals surface area contributed by atoms with Crippen LogP contribution in [0, 0.1) is 13.8 Å². The van der Waals surface area contributed by atoms with E-state index in [1.165, 1.54) is 22.3 Å². The van der Waals surface area contributed by atoms with Crippen molar-refractivity contribution in [2.45, 2.75) is 19.8 Å². The number of hydrogen-bond acceptors (Lipinski definition) is 2. The summed E-state index contributed by atoms with van der Waals surface area (Å²) in [6.45, 7) is 4.39. The molecular weight excluding hydrogens is 366 g/mol. The van der Waals surface area contributed by atoms with Crippen molar-refractivity contribution >= 4 is 33.3 Å². The zero-order chi connectivity index (χ0) is 20.2. The number of furan rings is 1. The summed E-state index contributed by atoms with van der Waals surface area (Å²) in [6, 6.07) is 29.7. The van der Waals surface area contributed by atoms with Gasteiger partial charge in [-0.3, -0.25) is 4.99 Å². The molecule has 4 aromatic carbocycles. The average Bonchev–Trinajstić information content (AvgIpc) is 3.32. The Balaban J connectivity index is 1.66. The minimum Gasteiger partial charge on any atom is -0.455 e. The third-order valence-corrected chi connectivity index (χ3v) is 6.27. The molecule has 0 aliphatic carbocycles. The minimum atomic E-state index is 0.0983. The first-order valence-corrected chi connectivity index (χ1v) is 10.4. The van der Waals surface area contributed by atoms with Crippen LogP contribution < -0.4 is 0 Å². The van der Waals surface area contributed by atoms with Gasteiger partial charge in [0.15, 0.2) is 0 Å². The van der Waals surface area contributed by atoms with E-state index in [0.717, 1.165) is 38.9 Å². The number of nitrogens with zero attached hydrogens (tertiary/aromatic N) is 1. The van der Waals surface area contributed by atoms with Gasteiger partial charge in [-0.1, -0.05) is 66.7 Å². The molecule has 1 aliphatic heterocycles. The number of fused-ring (bicyclic) bond motifs is 4. The highest BCUT2D eigenvalue weighted by Crippen LogP contribution is 2.45. The fraction of sp³-hybridized carbons (Fsp3) is 0.107. The second-order valence-electron chi connectivity index (χ2n) is 8.07. The van der Waals surface area contributed by atoms with Crippen LogP contribution in [-0.4, -0.2) is 5.71 Å². The number of para-hydroxylation sites is 3. The molecule has 0 saturated heterocycles. The Morgan fingerprint density at radius 2 is 1.40 bits per heavy atom. The zero-order valence-electron chi connectivity index (χ0n) is 17.0. The highest BCUT2D eigenvalue weighted by atomic mass is 16.3. The molecule has 30 heavy (non-hydrogen) atoms. The van der Waals surface area contributed by atoms with Crippen molar-refractivity contribution < 1.29 is 4.42 Å². The summed E-state index contributed by atoms with van der Waals surface area (Å²) < 4.78 is 6.36. The molecule has 5 aromatic rings. The maximum atomic E-state index is 6.36. The molecule has 0 bridgehead atoms. The SMILES string of the molecule is Cc1cccc(C)c1C1C(c2cccc3c2oc2ccccc23)=Nc2ccccc21. The third kappa shape index (κ3) is 2.40. The van der Waals surface area contributed by atoms with Crippen molar-refractivity contribution in [3.8, 4) is 0 Å². The molecule has 1 atom stereocenters. The first-order chi connectivity index (χ1) is 14.7. The van der Waals surface area contributed by atoms with E-state index in [1.807, 2.05) is 12.1 Å². The van der Waals surface area contributed by atoms with Crippen LogP contribution in [0.25, 0.3) is 21.9 Å². The summed E-state index contributed by atoms with van der Waals surface area (Å²) in [6.07, 6.45) is 0. The molecule has 2 heterocycles. The van der Waals surface area contributed by atoms with Gasteiger partial charge in [0.25, 0.3) is 0 Å². The topological polar surface area (TPSA) is 25.5 Å². The number of benzene rings is 4. The monoisotopic (exact) mass is 387 g/mol. The summed E-state index contributed by atoms with van der Waals surface area (Å²) in [5.74, 6) is 0.0983. The molecule has 0 radical (unpaired) electrons. The summed E-state index contributed by atoms with van der Waals surface area (Å²) >= 11 is 0. The van der Waals surface area contributed by atoms with E-state index >= 15 is 0 Å². The van der Waals surface area contributed by atoms with Crippen LogP contribution in [0.5, 0.6) is 0 Å². The Labute approximate surface area is 175 Å². The fourth-order valence-corrected chi connectivity index (χ4v) is 4.91. The van der Waals surface area contributed by atoms with Gasteiger partial charge in [-0.15, -0.1) is 0 Å². The highest BCUT2D eigenvalue weighted by Gasteiger charge is 2.33. The van der Waals surface area contributed by atoms with Crippen LogP contribution in [-0.2, 0) is 0 Å². The number of aliphatic imine (C=N–C) groups is 1. The van der Waals surface area contributed by atoms with Gasteiger partial charge >= 0.3 is 0 Å². The number of hydrogen-bond donors (Lipinski definition) is 0. The van der Waals surface area contributed by atoms with Crippen molar-refractivity contribution in [3.05, 3.63) is 113 Å². The van der Waals surface area contributed by atoms with E-state index < -0.39 is 0 Å². The number of aryl methyl sites for hydroxylation is 2. The molecule has 1 aromatic heterocycles. The van der Waals surface area contributed by atoms with E-state index in [1.54, 1.807) is 0 Å². The van der Waals surface area contributed by atoms with Crippen molar-refractivity contribution in [3.63, 3.8) is 0 Å². The molecule has 0 amide bonds. The van der Waals surface area contributed by atoms with Gasteiger partial charge in [0, 0.05) is 16.3 Å². The van der Waals surface area contributed by atoms with E-state index in [4.69, 9.17) is 9.41 Å². The van der Waals surface area contributed by atoms with Gasteiger partial charge in [-0.25, -0.2) is 0 Å². The van der Waals surface area contributed by atoms with Crippen LogP contribution >= 0.6 is 0 Å². The molecular formula is C28H21NO. The Kier molecular flexibility index (Phi) is 3.69. The maximum Gasteiger partial charge on any atom is 0.144 e. The first-order valence-electron chi connectivity index (χ1n) is 10.4. The summed E-state index contributed by atoms with van der Waals surface area (Å²) in [4.78, 5) is 5.14. The quantitative estimate of drug-likeness (QED) is 0.308. The van der Waals surface area contributed by atoms with Crippen LogP contribution in [0.15, 0.2) is 94.3 Å². The minimum absolute atomic E-state index is 0.0983. The second-order valence-corrected chi connectivity index (χ2v) is 8.07. The van der Waals surface area contributed by atoms with Crippen molar-refractivity contribution in [2.75, 3.05) is 0 Å². The van der Waals surface area contributed by atoms with Gasteiger partial charge in [-0.2, -0.15) is 0 Å². The molecule has 0 N–H and O–H groups in total. The zero-order valence-corrected chi connectivity index (χ0v) is 17.0. The fourth-order valence-electron chi connectivity index (χ4n) is 4.91. The summed E-state index contributed by atoms with van der Waals surface area (Å²) in [7, 11) is 0. The molecule has 6 rings (SSSR count). The highest BCUT2D eigenvalue weighted by molar-refractivity contribution is 6.20. The van der Waals surface area contributed by atoms with Gasteiger partial charge in [-0.05, 0) is 54.3 Å². The van der Waals surface area contributed by atoms with Crippen LogP contribution in [0.4, 0.5) is 5.69 Å². The number of rotatable bonds is 2. The smallest absolute Gasteiger partial charge is 0.144 e. The maximum absolute atomic E-state index is 6.36. The third-order valence-electron chi connectivity index (χ3n) is 6.27. The van der Waals surface area contributed by atoms with Crippen molar-refractivity contribution in [1.82, 2.24) is 0 Å². The molecule has 0 fully saturated rings. The average molecular weight is 387 g/mol. The predicted molar refractivity (Wildman–Crippen MR) is 124 cm³/mol. The molecule has 2 heteroatoms. The lowest BCUT2D eigenvalue weighted by Crippen LogP contribution is -2.14. The van der Waals surface area contributed by atoms with Crippen LogP contribution in [0.3, 0.4) is 0 Å². The summed E-state index contributed by atoms with van der Waals surface area (Å²) in [5, 5.41) is 2.29. The van der Waals surface area contributed by atoms with E-state index in [9.17, 15) is 0 Å². The van der Waals surface area contributed by atoms with Gasteiger partial charge in [0.2, 0.25) is 0 Å². The molecule has 144 valence electrons. The molecule has 1 aliphatic rings. The van der Waals surface area contributed by atoms with Gasteiger partial charge in [0.1, 0.15) is 11.2 Å². The Morgan fingerprint density at radius 3 is 2.27 bits per heavy atom. The molecule has 0 spiro atoms. The van der Waals surface area contributed by atoms with Crippen LogP contribution in [0.2, 0.25) is 0 Å². The predicted octanol–water partition coefficient (Wildman–Crippen LogP) is 7.47. The Hall–Kier alpha value is -3.65. The lowest BCUT2D eigenvalue weighted by molar-refractivity contribution is 0.668. The van der Waals surface area contributed by atoms with E-state index in [0.29, 0.717) is 0 Å². The van der Waals surface area contributed by atoms with Crippen LogP contribution in [0.1, 0.15) is 33.7 Å². The van der Waals surface area contributed by atoms with Crippen molar-refractivity contribution in [2.24, 2.45) is 4.99 Å². The first kappa shape index (κ1) is 17.2. The van der Waals surface area contributed by atoms with E-state index in [-0.39, 0.29) is 5.92 Å². The lowest BCUT2D eigenvalue weighted by atomic mass is 9.81. The largest absolute Gasteiger partial charge is 0.455 e. The Morgan fingerprint density at radius 1 is 0.700 bits per heavy atom. The van der Waals surface area contributed by atoms with Gasteiger partial charge < -0.3 is 4.42 Å².